The third kappa shape index (κ3) is 6.31. The topological polar surface area (TPSA) is 95.2 Å². The number of benzene rings is 2. The second-order valence-electron chi connectivity index (χ2n) is 8.86. The number of hydrogen-bond donors (Lipinski definition) is 3. The molecule has 4 N–H and O–H groups in total. The minimum absolute atomic E-state index is 0.328. The van der Waals surface area contributed by atoms with Crippen LogP contribution in [0.2, 0.25) is 0 Å². The average molecular weight is 517 g/mol. The van der Waals surface area contributed by atoms with E-state index in [0.717, 1.165) is 42.9 Å². The van der Waals surface area contributed by atoms with Crippen LogP contribution in [0.25, 0.3) is 32.2 Å². The van der Waals surface area contributed by atoms with E-state index in [9.17, 15) is 13.2 Å². The number of aryl methyl sites for hydroxylation is 1. The fourth-order valence-corrected chi connectivity index (χ4v) is 5.14. The molecule has 2 aromatic heterocycles. The molecule has 1 unspecified atom stereocenters. The van der Waals surface area contributed by atoms with E-state index in [1.54, 1.807) is 11.3 Å². The molecule has 1 aliphatic rings. The highest BCUT2D eigenvalue weighted by atomic mass is 32.1. The average Bonchev–Trinajstić information content (AvgIpc) is 3.48. The number of aromatic amines is 1. The molecule has 0 saturated carbocycles. The summed E-state index contributed by atoms with van der Waals surface area (Å²) in [5, 5.41) is 7.12. The summed E-state index contributed by atoms with van der Waals surface area (Å²) in [4.78, 5) is 22.1. The van der Waals surface area contributed by atoms with Crippen LogP contribution in [0.3, 0.4) is 0 Å². The van der Waals surface area contributed by atoms with Gasteiger partial charge in [-0.3, -0.25) is 4.90 Å². The molecule has 0 aliphatic carbocycles. The number of nitrogens with two attached hydrogens (primary N) is 1. The number of nitrogens with zero attached hydrogens (tertiary/aromatic N) is 2. The third-order valence-electron chi connectivity index (χ3n) is 5.98. The molecule has 2 aromatic carbocycles. The summed E-state index contributed by atoms with van der Waals surface area (Å²) in [5.41, 5.74) is 12.1. The molecule has 190 valence electrons. The van der Waals surface area contributed by atoms with E-state index in [1.807, 2.05) is 0 Å². The molecule has 10 heteroatoms. The van der Waals surface area contributed by atoms with Crippen LogP contribution < -0.4 is 5.73 Å². The van der Waals surface area contributed by atoms with Gasteiger partial charge in [0.1, 0.15) is 5.82 Å². The minimum atomic E-state index is -5.08. The van der Waals surface area contributed by atoms with Gasteiger partial charge in [-0.25, -0.2) is 9.78 Å². The number of carbonyl (C=O) groups is 1. The summed E-state index contributed by atoms with van der Waals surface area (Å²) in [6, 6.07) is 19.9. The SMILES string of the molecule is Cc1cccc2[nH]c(-c3ccc(-c4ccc(CN5CCCC(N)C5)cc4)s3)nc12.O=C(O)C(F)(F)F. The number of carboxylic acid groups (broad SMARTS) is 1. The van der Waals surface area contributed by atoms with Crippen molar-refractivity contribution in [3.05, 3.63) is 65.7 Å². The monoisotopic (exact) mass is 516 g/mol. The Hall–Kier alpha value is -3.21. The van der Waals surface area contributed by atoms with E-state index in [-0.39, 0.29) is 0 Å². The molecule has 0 amide bonds. The maximum atomic E-state index is 10.6. The van der Waals surface area contributed by atoms with Crippen molar-refractivity contribution in [1.29, 1.82) is 0 Å². The van der Waals surface area contributed by atoms with Gasteiger partial charge in [-0.2, -0.15) is 13.2 Å². The number of nitrogens with one attached hydrogen (secondary N) is 1. The molecule has 36 heavy (non-hydrogen) atoms. The fourth-order valence-electron chi connectivity index (χ4n) is 4.18. The first-order valence-corrected chi connectivity index (χ1v) is 12.3. The first-order chi connectivity index (χ1) is 17.1. The first-order valence-electron chi connectivity index (χ1n) is 11.5. The Balaban J connectivity index is 0.000000384. The second-order valence-corrected chi connectivity index (χ2v) is 9.94. The van der Waals surface area contributed by atoms with Gasteiger partial charge in [-0.1, -0.05) is 36.4 Å². The lowest BCUT2D eigenvalue weighted by molar-refractivity contribution is -0.192. The summed E-state index contributed by atoms with van der Waals surface area (Å²) in [5.74, 6) is -1.81. The van der Waals surface area contributed by atoms with Gasteiger partial charge in [0.25, 0.3) is 0 Å². The molecule has 3 heterocycles. The maximum absolute atomic E-state index is 10.6. The number of thiophene rings is 1. The number of halogens is 3. The Kier molecular flexibility index (Phi) is 7.77. The van der Waals surface area contributed by atoms with Crippen molar-refractivity contribution in [1.82, 2.24) is 14.9 Å². The number of rotatable bonds is 4. The van der Waals surface area contributed by atoms with Crippen LogP contribution in [0.5, 0.6) is 0 Å². The van der Waals surface area contributed by atoms with Crippen LogP contribution in [-0.4, -0.2) is 51.3 Å². The van der Waals surface area contributed by atoms with E-state index in [0.29, 0.717) is 6.04 Å². The normalized spacial score (nSPS) is 16.5. The molecule has 1 atom stereocenters. The van der Waals surface area contributed by atoms with Gasteiger partial charge in [0.15, 0.2) is 0 Å². The number of alkyl halides is 3. The van der Waals surface area contributed by atoms with Gasteiger partial charge in [0, 0.05) is 24.0 Å². The van der Waals surface area contributed by atoms with Crippen molar-refractivity contribution in [3.63, 3.8) is 0 Å². The van der Waals surface area contributed by atoms with Gasteiger partial charge >= 0.3 is 12.1 Å². The highest BCUT2D eigenvalue weighted by Gasteiger charge is 2.38. The Bertz CT molecular complexity index is 1330. The molecule has 1 fully saturated rings. The summed E-state index contributed by atoms with van der Waals surface area (Å²) in [7, 11) is 0. The van der Waals surface area contributed by atoms with Gasteiger partial charge in [-0.15, -0.1) is 11.3 Å². The van der Waals surface area contributed by atoms with Crippen LogP contribution in [0.4, 0.5) is 13.2 Å². The van der Waals surface area contributed by atoms with Crippen molar-refractivity contribution >= 4 is 28.3 Å². The standard InChI is InChI=1S/C24H26N4S.C2HF3O2/c1-16-4-2-6-20-23(16)27-24(26-20)22-12-11-21(29-22)18-9-7-17(8-10-18)14-28-13-3-5-19(25)15-28;3-2(4,5)1(6)7/h2,4,6-12,19H,3,5,13-15,25H2,1H3,(H,26,27);(H,6,7). The van der Waals surface area contributed by atoms with E-state index >= 15 is 0 Å². The number of likely N-dealkylation sites (tertiary alicyclic amines) is 1. The smallest absolute Gasteiger partial charge is 0.475 e. The number of para-hydroxylation sites is 1. The van der Waals surface area contributed by atoms with E-state index in [1.165, 1.54) is 32.9 Å². The number of aliphatic carboxylic acids is 1. The first kappa shape index (κ1) is 25.9. The summed E-state index contributed by atoms with van der Waals surface area (Å²) in [6.45, 7) is 5.25. The molecule has 5 rings (SSSR count). The van der Waals surface area contributed by atoms with Gasteiger partial charge < -0.3 is 15.8 Å². The fraction of sp³-hybridized carbons (Fsp3) is 0.308. The van der Waals surface area contributed by atoms with Gasteiger partial charge in [-0.05, 0) is 61.2 Å². The molecular weight excluding hydrogens is 489 g/mol. The highest BCUT2D eigenvalue weighted by Crippen LogP contribution is 2.34. The molecule has 0 bridgehead atoms. The Morgan fingerprint density at radius 3 is 2.50 bits per heavy atom. The number of piperidine rings is 1. The van der Waals surface area contributed by atoms with Crippen LogP contribution in [0.1, 0.15) is 24.0 Å². The van der Waals surface area contributed by atoms with Crippen molar-refractivity contribution in [2.75, 3.05) is 13.1 Å². The summed E-state index contributed by atoms with van der Waals surface area (Å²) in [6.07, 6.45) is -2.72. The Morgan fingerprint density at radius 2 is 1.86 bits per heavy atom. The number of imidazole rings is 1. The Labute approximate surface area is 210 Å². The number of aromatic nitrogens is 2. The van der Waals surface area contributed by atoms with Crippen LogP contribution in [0, 0.1) is 6.92 Å². The van der Waals surface area contributed by atoms with Crippen LogP contribution in [0.15, 0.2) is 54.6 Å². The van der Waals surface area contributed by atoms with E-state index in [2.05, 4.69) is 71.4 Å². The second kappa shape index (κ2) is 10.8. The van der Waals surface area contributed by atoms with Crippen molar-refractivity contribution in [3.8, 4) is 21.1 Å². The summed E-state index contributed by atoms with van der Waals surface area (Å²) >= 11 is 1.78. The van der Waals surface area contributed by atoms with Gasteiger partial charge in [0.2, 0.25) is 0 Å². The molecule has 0 radical (unpaired) electrons. The number of hydrogen-bond acceptors (Lipinski definition) is 5. The quantitative estimate of drug-likeness (QED) is 0.318. The number of fused-ring (bicyclic) bond motifs is 1. The van der Waals surface area contributed by atoms with Crippen LogP contribution in [-0.2, 0) is 11.3 Å². The predicted octanol–water partition coefficient (Wildman–Crippen LogP) is 5.82. The number of H-pyrrole nitrogens is 1. The lowest BCUT2D eigenvalue weighted by Crippen LogP contribution is -2.42. The van der Waals surface area contributed by atoms with Crippen molar-refractivity contribution in [2.45, 2.75) is 38.5 Å². The number of carboxylic acids is 1. The largest absolute Gasteiger partial charge is 0.490 e. The molecule has 0 spiro atoms. The zero-order chi connectivity index (χ0) is 25.9. The highest BCUT2D eigenvalue weighted by molar-refractivity contribution is 7.18. The zero-order valence-electron chi connectivity index (χ0n) is 19.7. The molecule has 1 saturated heterocycles. The van der Waals surface area contributed by atoms with E-state index < -0.39 is 12.1 Å². The lowest BCUT2D eigenvalue weighted by Gasteiger charge is -2.30. The maximum Gasteiger partial charge on any atom is 0.490 e. The van der Waals surface area contributed by atoms with Crippen molar-refractivity contribution < 1.29 is 23.1 Å². The zero-order valence-corrected chi connectivity index (χ0v) is 20.5. The molecule has 1 aliphatic heterocycles. The molecule has 4 aromatic rings. The third-order valence-corrected chi connectivity index (χ3v) is 7.12. The Morgan fingerprint density at radius 1 is 1.17 bits per heavy atom. The summed E-state index contributed by atoms with van der Waals surface area (Å²) < 4.78 is 31.7. The van der Waals surface area contributed by atoms with Crippen LogP contribution >= 0.6 is 11.3 Å². The lowest BCUT2D eigenvalue weighted by atomic mass is 10.0. The predicted molar refractivity (Wildman–Crippen MR) is 136 cm³/mol. The molecular formula is C26H27F3N4O2S. The van der Waals surface area contributed by atoms with Crippen molar-refractivity contribution in [2.24, 2.45) is 5.73 Å². The van der Waals surface area contributed by atoms with Gasteiger partial charge in [0.05, 0.1) is 15.9 Å². The van der Waals surface area contributed by atoms with E-state index in [4.69, 9.17) is 20.6 Å². The molecule has 6 nitrogen and oxygen atoms in total. The minimum Gasteiger partial charge on any atom is -0.475 e.